The van der Waals surface area contributed by atoms with Gasteiger partial charge in [-0.25, -0.2) is 4.79 Å². The minimum Gasteiger partial charge on any atom is -0.497 e. The van der Waals surface area contributed by atoms with Crippen LogP contribution in [0, 0.1) is 0 Å². The van der Waals surface area contributed by atoms with Gasteiger partial charge in [0.15, 0.2) is 0 Å². The first-order chi connectivity index (χ1) is 13.6. The lowest BCUT2D eigenvalue weighted by molar-refractivity contribution is 0.102. The SMILES string of the molecule is CCCCCOc1ccc(NC(=O)c2cc3cc(OC)ccc3oc2=O)cc1. The van der Waals surface area contributed by atoms with Crippen molar-refractivity contribution in [3.8, 4) is 11.5 Å². The van der Waals surface area contributed by atoms with E-state index in [4.69, 9.17) is 13.9 Å². The summed E-state index contributed by atoms with van der Waals surface area (Å²) in [6.07, 6.45) is 3.29. The number of hydrogen-bond acceptors (Lipinski definition) is 5. The fraction of sp³-hybridized carbons (Fsp3) is 0.273. The zero-order valence-electron chi connectivity index (χ0n) is 16.0. The van der Waals surface area contributed by atoms with Gasteiger partial charge >= 0.3 is 5.63 Å². The van der Waals surface area contributed by atoms with Crippen LogP contribution in [0.2, 0.25) is 0 Å². The summed E-state index contributed by atoms with van der Waals surface area (Å²) in [4.78, 5) is 24.7. The number of fused-ring (bicyclic) bond motifs is 1. The summed E-state index contributed by atoms with van der Waals surface area (Å²) in [5, 5.41) is 3.32. The van der Waals surface area contributed by atoms with Crippen LogP contribution < -0.4 is 20.4 Å². The predicted octanol–water partition coefficient (Wildman–Crippen LogP) is 4.62. The van der Waals surface area contributed by atoms with E-state index in [1.807, 2.05) is 0 Å². The van der Waals surface area contributed by atoms with Crippen LogP contribution in [0.1, 0.15) is 36.5 Å². The third-order valence-corrected chi connectivity index (χ3v) is 4.31. The summed E-state index contributed by atoms with van der Waals surface area (Å²) in [7, 11) is 1.55. The number of amides is 1. The molecule has 28 heavy (non-hydrogen) atoms. The lowest BCUT2D eigenvalue weighted by atomic mass is 10.1. The molecule has 0 fully saturated rings. The Balaban J connectivity index is 1.72. The standard InChI is InChI=1S/C22H23NO5/c1-3-4-5-12-27-17-8-6-16(7-9-17)23-21(24)19-14-15-13-18(26-2)10-11-20(15)28-22(19)25/h6-11,13-14H,3-5,12H2,1-2H3,(H,23,24). The highest BCUT2D eigenvalue weighted by Gasteiger charge is 2.14. The molecule has 6 heteroatoms. The molecule has 1 amide bonds. The summed E-state index contributed by atoms with van der Waals surface area (Å²) >= 11 is 0. The van der Waals surface area contributed by atoms with E-state index in [1.165, 1.54) is 6.07 Å². The van der Waals surface area contributed by atoms with Crippen molar-refractivity contribution in [3.05, 3.63) is 64.5 Å². The zero-order chi connectivity index (χ0) is 19.9. The maximum absolute atomic E-state index is 12.5. The second-order valence-corrected chi connectivity index (χ2v) is 6.39. The molecule has 0 bridgehead atoms. The molecule has 0 unspecified atom stereocenters. The third-order valence-electron chi connectivity index (χ3n) is 4.31. The predicted molar refractivity (Wildman–Crippen MR) is 108 cm³/mol. The third kappa shape index (κ3) is 4.71. The van der Waals surface area contributed by atoms with Gasteiger partial charge in [-0.15, -0.1) is 0 Å². The number of carbonyl (C=O) groups excluding carboxylic acids is 1. The van der Waals surface area contributed by atoms with Crippen molar-refractivity contribution in [2.75, 3.05) is 19.0 Å². The zero-order valence-corrected chi connectivity index (χ0v) is 16.0. The fourth-order valence-corrected chi connectivity index (χ4v) is 2.76. The first-order valence-corrected chi connectivity index (χ1v) is 9.27. The van der Waals surface area contributed by atoms with E-state index >= 15 is 0 Å². The number of ether oxygens (including phenoxy) is 2. The summed E-state index contributed by atoms with van der Waals surface area (Å²) in [6.45, 7) is 2.81. The molecule has 0 saturated carbocycles. The Hall–Kier alpha value is -3.28. The Kier molecular flexibility index (Phi) is 6.32. The number of rotatable bonds is 8. The van der Waals surface area contributed by atoms with Crippen LogP contribution in [0.3, 0.4) is 0 Å². The Bertz CT molecular complexity index is 1010. The summed E-state index contributed by atoms with van der Waals surface area (Å²) < 4.78 is 16.1. The van der Waals surface area contributed by atoms with Crippen LogP contribution in [0.15, 0.2) is 57.7 Å². The van der Waals surface area contributed by atoms with Crippen LogP contribution in [-0.2, 0) is 0 Å². The Morgan fingerprint density at radius 3 is 2.50 bits per heavy atom. The minimum atomic E-state index is -0.689. The summed E-state index contributed by atoms with van der Waals surface area (Å²) in [5.74, 6) is 0.823. The van der Waals surface area contributed by atoms with Crippen molar-refractivity contribution in [3.63, 3.8) is 0 Å². The second-order valence-electron chi connectivity index (χ2n) is 6.39. The maximum atomic E-state index is 12.5. The second kappa shape index (κ2) is 9.08. The lowest BCUT2D eigenvalue weighted by Crippen LogP contribution is -2.20. The molecule has 1 N–H and O–H groups in total. The van der Waals surface area contributed by atoms with Crippen molar-refractivity contribution in [1.29, 1.82) is 0 Å². The Morgan fingerprint density at radius 1 is 1.04 bits per heavy atom. The number of carbonyl (C=O) groups is 1. The lowest BCUT2D eigenvalue weighted by Gasteiger charge is -2.08. The number of anilines is 1. The largest absolute Gasteiger partial charge is 0.497 e. The average Bonchev–Trinajstić information content (AvgIpc) is 2.71. The quantitative estimate of drug-likeness (QED) is 0.455. The van der Waals surface area contributed by atoms with Crippen molar-refractivity contribution in [2.45, 2.75) is 26.2 Å². The Morgan fingerprint density at radius 2 is 1.79 bits per heavy atom. The number of hydrogen-bond donors (Lipinski definition) is 1. The molecule has 0 atom stereocenters. The topological polar surface area (TPSA) is 77.8 Å². The molecule has 0 aliphatic heterocycles. The van der Waals surface area contributed by atoms with Gasteiger partial charge in [0.2, 0.25) is 0 Å². The highest BCUT2D eigenvalue weighted by atomic mass is 16.5. The molecule has 146 valence electrons. The molecule has 0 saturated heterocycles. The summed E-state index contributed by atoms with van der Waals surface area (Å²) in [5.41, 5.74) is 0.203. The molecule has 1 heterocycles. The van der Waals surface area contributed by atoms with Gasteiger partial charge in [-0.3, -0.25) is 4.79 Å². The maximum Gasteiger partial charge on any atom is 0.349 e. The molecule has 6 nitrogen and oxygen atoms in total. The molecular formula is C22H23NO5. The van der Waals surface area contributed by atoms with E-state index in [-0.39, 0.29) is 5.56 Å². The van der Waals surface area contributed by atoms with Crippen molar-refractivity contribution in [2.24, 2.45) is 0 Å². The number of nitrogens with one attached hydrogen (secondary N) is 1. The van der Waals surface area contributed by atoms with E-state index in [0.29, 0.717) is 29.0 Å². The van der Waals surface area contributed by atoms with Crippen molar-refractivity contribution in [1.82, 2.24) is 0 Å². The van der Waals surface area contributed by atoms with Crippen molar-refractivity contribution < 1.29 is 18.7 Å². The number of benzene rings is 2. The highest BCUT2D eigenvalue weighted by molar-refractivity contribution is 6.05. The molecule has 0 spiro atoms. The van der Waals surface area contributed by atoms with Gasteiger partial charge in [-0.2, -0.15) is 0 Å². The van der Waals surface area contributed by atoms with Crippen LogP contribution in [0.25, 0.3) is 11.0 Å². The van der Waals surface area contributed by atoms with Crippen LogP contribution in [0.5, 0.6) is 11.5 Å². The first kappa shape index (κ1) is 19.5. The van der Waals surface area contributed by atoms with Gasteiger partial charge in [0.05, 0.1) is 13.7 Å². The van der Waals surface area contributed by atoms with Crippen LogP contribution >= 0.6 is 0 Å². The molecule has 0 radical (unpaired) electrons. The molecule has 1 aromatic heterocycles. The van der Waals surface area contributed by atoms with E-state index in [9.17, 15) is 9.59 Å². The van der Waals surface area contributed by atoms with E-state index in [2.05, 4.69) is 12.2 Å². The number of unbranched alkanes of at least 4 members (excludes halogenated alkanes) is 2. The monoisotopic (exact) mass is 381 g/mol. The normalized spacial score (nSPS) is 10.6. The highest BCUT2D eigenvalue weighted by Crippen LogP contribution is 2.21. The average molecular weight is 381 g/mol. The Labute approximate surface area is 163 Å². The van der Waals surface area contributed by atoms with E-state index in [1.54, 1.807) is 49.6 Å². The molecule has 2 aromatic carbocycles. The summed E-state index contributed by atoms with van der Waals surface area (Å²) in [6, 6.07) is 13.6. The van der Waals surface area contributed by atoms with Crippen LogP contribution in [-0.4, -0.2) is 19.6 Å². The number of methoxy groups -OCH3 is 1. The first-order valence-electron chi connectivity index (χ1n) is 9.27. The van der Waals surface area contributed by atoms with E-state index < -0.39 is 11.5 Å². The molecule has 0 aliphatic carbocycles. The molecule has 3 aromatic rings. The van der Waals surface area contributed by atoms with Gasteiger partial charge in [0, 0.05) is 11.1 Å². The fourth-order valence-electron chi connectivity index (χ4n) is 2.76. The minimum absolute atomic E-state index is 0.0688. The van der Waals surface area contributed by atoms with Gasteiger partial charge in [-0.1, -0.05) is 19.8 Å². The van der Waals surface area contributed by atoms with Crippen LogP contribution in [0.4, 0.5) is 5.69 Å². The van der Waals surface area contributed by atoms with Gasteiger partial charge in [0.1, 0.15) is 22.6 Å². The smallest absolute Gasteiger partial charge is 0.349 e. The molecule has 0 aliphatic rings. The van der Waals surface area contributed by atoms with Gasteiger partial charge in [0.25, 0.3) is 5.91 Å². The molecular weight excluding hydrogens is 358 g/mol. The molecule has 3 rings (SSSR count). The van der Waals surface area contributed by atoms with Gasteiger partial charge < -0.3 is 19.2 Å². The van der Waals surface area contributed by atoms with Crippen molar-refractivity contribution >= 4 is 22.6 Å². The van der Waals surface area contributed by atoms with E-state index in [0.717, 1.165) is 25.0 Å². The van der Waals surface area contributed by atoms with Gasteiger partial charge in [-0.05, 0) is 55.0 Å².